The Balaban J connectivity index is 1.69. The van der Waals surface area contributed by atoms with Crippen LogP contribution in [0.1, 0.15) is 6.42 Å². The minimum atomic E-state index is -1.05. The van der Waals surface area contributed by atoms with Crippen LogP contribution in [0.25, 0.3) is 20.7 Å². The van der Waals surface area contributed by atoms with Crippen LogP contribution >= 0.6 is 23.1 Å². The molecule has 2 N–H and O–H groups in total. The predicted molar refractivity (Wildman–Crippen MR) is 98.8 cm³/mol. The van der Waals surface area contributed by atoms with E-state index in [9.17, 15) is 9.59 Å². The van der Waals surface area contributed by atoms with Gasteiger partial charge in [-0.1, -0.05) is 30.3 Å². The van der Waals surface area contributed by atoms with Crippen LogP contribution in [0.4, 0.5) is 0 Å². The van der Waals surface area contributed by atoms with Crippen molar-refractivity contribution in [2.24, 2.45) is 0 Å². The SMILES string of the molecule is O=C(O)CNC(=O)CCSc1ncnc2sc(-c3ccccc3)cc12. The van der Waals surface area contributed by atoms with E-state index >= 15 is 0 Å². The molecule has 0 bridgehead atoms. The van der Waals surface area contributed by atoms with Gasteiger partial charge in [0.25, 0.3) is 0 Å². The van der Waals surface area contributed by atoms with Gasteiger partial charge < -0.3 is 10.4 Å². The average molecular weight is 373 g/mol. The number of aliphatic carboxylic acids is 1. The van der Waals surface area contributed by atoms with E-state index < -0.39 is 5.97 Å². The summed E-state index contributed by atoms with van der Waals surface area (Å²) in [4.78, 5) is 32.7. The first-order chi connectivity index (χ1) is 12.1. The highest BCUT2D eigenvalue weighted by Crippen LogP contribution is 2.36. The normalized spacial score (nSPS) is 10.7. The van der Waals surface area contributed by atoms with Gasteiger partial charge in [-0.25, -0.2) is 9.97 Å². The van der Waals surface area contributed by atoms with Gasteiger partial charge in [0.05, 0.1) is 0 Å². The van der Waals surface area contributed by atoms with Crippen molar-refractivity contribution in [2.45, 2.75) is 11.4 Å². The van der Waals surface area contributed by atoms with Crippen molar-refractivity contribution in [3.8, 4) is 10.4 Å². The number of aromatic nitrogens is 2. The Kier molecular flexibility index (Phi) is 5.62. The summed E-state index contributed by atoms with van der Waals surface area (Å²) in [7, 11) is 0. The maximum atomic E-state index is 11.6. The number of thiophene rings is 1. The summed E-state index contributed by atoms with van der Waals surface area (Å²) >= 11 is 3.07. The van der Waals surface area contributed by atoms with Crippen molar-refractivity contribution in [3.05, 3.63) is 42.7 Å². The molecule has 0 fully saturated rings. The first-order valence-electron chi connectivity index (χ1n) is 7.55. The van der Waals surface area contributed by atoms with E-state index in [1.807, 2.05) is 18.2 Å². The van der Waals surface area contributed by atoms with Crippen molar-refractivity contribution in [2.75, 3.05) is 12.3 Å². The number of fused-ring (bicyclic) bond motifs is 1. The monoisotopic (exact) mass is 373 g/mol. The van der Waals surface area contributed by atoms with Crippen molar-refractivity contribution in [1.29, 1.82) is 0 Å². The Hall–Kier alpha value is -2.45. The zero-order chi connectivity index (χ0) is 17.6. The fraction of sp³-hybridized carbons (Fsp3) is 0.176. The molecule has 0 saturated heterocycles. The number of hydrogen-bond acceptors (Lipinski definition) is 6. The molecule has 0 aliphatic rings. The lowest BCUT2D eigenvalue weighted by Gasteiger charge is -2.03. The number of thioether (sulfide) groups is 1. The maximum absolute atomic E-state index is 11.6. The van der Waals surface area contributed by atoms with Crippen LogP contribution in [0.15, 0.2) is 47.8 Å². The van der Waals surface area contributed by atoms with E-state index in [2.05, 4.69) is 33.5 Å². The average Bonchev–Trinajstić information content (AvgIpc) is 3.06. The number of nitrogens with zero attached hydrogens (tertiary/aromatic N) is 2. The second-order valence-corrected chi connectivity index (χ2v) is 7.26. The zero-order valence-corrected chi connectivity index (χ0v) is 14.8. The molecule has 0 radical (unpaired) electrons. The Morgan fingerprint density at radius 3 is 2.76 bits per heavy atom. The summed E-state index contributed by atoms with van der Waals surface area (Å²) in [6.07, 6.45) is 1.76. The number of rotatable bonds is 7. The molecule has 8 heteroatoms. The number of carbonyl (C=O) groups excluding carboxylic acids is 1. The smallest absolute Gasteiger partial charge is 0.322 e. The third kappa shape index (κ3) is 4.55. The van der Waals surface area contributed by atoms with Crippen LogP contribution in [-0.2, 0) is 9.59 Å². The number of carboxylic acid groups (broad SMARTS) is 1. The zero-order valence-electron chi connectivity index (χ0n) is 13.1. The highest BCUT2D eigenvalue weighted by molar-refractivity contribution is 7.99. The molecule has 25 heavy (non-hydrogen) atoms. The molecule has 2 heterocycles. The lowest BCUT2D eigenvalue weighted by atomic mass is 10.2. The summed E-state index contributed by atoms with van der Waals surface area (Å²) in [5.74, 6) is -0.811. The molecule has 128 valence electrons. The molecule has 6 nitrogen and oxygen atoms in total. The molecule has 0 aliphatic carbocycles. The lowest BCUT2D eigenvalue weighted by Crippen LogP contribution is -2.29. The van der Waals surface area contributed by atoms with Crippen LogP contribution in [0.3, 0.4) is 0 Å². The van der Waals surface area contributed by atoms with E-state index in [-0.39, 0.29) is 18.9 Å². The van der Waals surface area contributed by atoms with Gasteiger partial charge in [-0.15, -0.1) is 23.1 Å². The summed E-state index contributed by atoms with van der Waals surface area (Å²) < 4.78 is 0. The van der Waals surface area contributed by atoms with Crippen LogP contribution in [0, 0.1) is 0 Å². The van der Waals surface area contributed by atoms with Gasteiger partial charge in [-0.2, -0.15) is 0 Å². The van der Waals surface area contributed by atoms with Gasteiger partial charge in [0.2, 0.25) is 5.91 Å². The maximum Gasteiger partial charge on any atom is 0.322 e. The van der Waals surface area contributed by atoms with Gasteiger partial charge in [0, 0.05) is 22.4 Å². The van der Waals surface area contributed by atoms with Crippen molar-refractivity contribution < 1.29 is 14.7 Å². The quantitative estimate of drug-likeness (QED) is 0.488. The van der Waals surface area contributed by atoms with Crippen LogP contribution in [-0.4, -0.2) is 39.2 Å². The summed E-state index contributed by atoms with van der Waals surface area (Å²) in [5, 5.41) is 12.7. The van der Waals surface area contributed by atoms with Crippen LogP contribution in [0.2, 0.25) is 0 Å². The molecule has 3 aromatic rings. The molecule has 0 aliphatic heterocycles. The molecule has 1 amide bonds. The Labute approximate surface area is 152 Å². The third-order valence-corrected chi connectivity index (χ3v) is 5.45. The number of carbonyl (C=O) groups is 2. The van der Waals surface area contributed by atoms with Crippen molar-refractivity contribution in [1.82, 2.24) is 15.3 Å². The summed E-state index contributed by atoms with van der Waals surface area (Å²) in [6, 6.07) is 12.2. The largest absolute Gasteiger partial charge is 0.480 e. The van der Waals surface area contributed by atoms with Gasteiger partial charge in [-0.3, -0.25) is 9.59 Å². The molecule has 0 spiro atoms. The summed E-state index contributed by atoms with van der Waals surface area (Å²) in [6.45, 7) is -0.355. The third-order valence-electron chi connectivity index (χ3n) is 3.36. The molecule has 3 rings (SSSR count). The van der Waals surface area contributed by atoms with Crippen LogP contribution in [0.5, 0.6) is 0 Å². The molecule has 2 aromatic heterocycles. The van der Waals surface area contributed by atoms with Gasteiger partial charge in [0.15, 0.2) is 0 Å². The fourth-order valence-corrected chi connectivity index (χ4v) is 4.18. The molecular weight excluding hydrogens is 358 g/mol. The first kappa shape index (κ1) is 17.4. The molecule has 0 atom stereocenters. The van der Waals surface area contributed by atoms with Gasteiger partial charge in [-0.05, 0) is 11.6 Å². The molecule has 0 saturated carbocycles. The number of carboxylic acids is 1. The highest BCUT2D eigenvalue weighted by Gasteiger charge is 2.11. The molecular formula is C17H15N3O3S2. The lowest BCUT2D eigenvalue weighted by molar-refractivity contribution is -0.137. The standard InChI is InChI=1S/C17H15N3O3S2/c21-14(18-9-15(22)23)6-7-24-16-12-8-13(11-4-2-1-3-5-11)25-17(12)20-10-19-16/h1-5,8,10H,6-7,9H2,(H,18,21)(H,22,23). The topological polar surface area (TPSA) is 92.2 Å². The summed E-state index contributed by atoms with van der Waals surface area (Å²) in [5.41, 5.74) is 1.13. The molecule has 0 unspecified atom stereocenters. The second-order valence-electron chi connectivity index (χ2n) is 5.14. The second kappa shape index (κ2) is 8.09. The predicted octanol–water partition coefficient (Wildman–Crippen LogP) is 3.04. The van der Waals surface area contributed by atoms with E-state index in [1.54, 1.807) is 11.3 Å². The first-order valence-corrected chi connectivity index (χ1v) is 9.35. The Morgan fingerprint density at radius 1 is 1.20 bits per heavy atom. The van der Waals surface area contributed by atoms with E-state index in [1.165, 1.54) is 18.1 Å². The van der Waals surface area contributed by atoms with Gasteiger partial charge >= 0.3 is 5.97 Å². The number of amides is 1. The minimum absolute atomic E-state index is 0.235. The molecule has 1 aromatic carbocycles. The number of nitrogens with one attached hydrogen (secondary N) is 1. The van der Waals surface area contributed by atoms with Crippen molar-refractivity contribution >= 4 is 45.2 Å². The van der Waals surface area contributed by atoms with Crippen LogP contribution < -0.4 is 5.32 Å². The van der Waals surface area contributed by atoms with Crippen molar-refractivity contribution in [3.63, 3.8) is 0 Å². The highest BCUT2D eigenvalue weighted by atomic mass is 32.2. The Bertz CT molecular complexity index is 897. The Morgan fingerprint density at radius 2 is 2.00 bits per heavy atom. The van der Waals surface area contributed by atoms with E-state index in [0.29, 0.717) is 5.75 Å². The number of benzene rings is 1. The van der Waals surface area contributed by atoms with E-state index in [0.717, 1.165) is 25.7 Å². The minimum Gasteiger partial charge on any atom is -0.480 e. The van der Waals surface area contributed by atoms with Gasteiger partial charge in [0.1, 0.15) is 22.7 Å². The number of hydrogen-bond donors (Lipinski definition) is 2. The fourth-order valence-electron chi connectivity index (χ4n) is 2.20. The van der Waals surface area contributed by atoms with E-state index in [4.69, 9.17) is 5.11 Å².